The Hall–Kier alpha value is -2.18. The van der Waals surface area contributed by atoms with E-state index in [0.29, 0.717) is 0 Å². The summed E-state index contributed by atoms with van der Waals surface area (Å²) >= 11 is 0. The first-order valence-corrected chi connectivity index (χ1v) is 5.63. The van der Waals surface area contributed by atoms with Crippen molar-refractivity contribution in [3.63, 3.8) is 0 Å². The van der Waals surface area contributed by atoms with Gasteiger partial charge < -0.3 is 4.42 Å². The van der Waals surface area contributed by atoms with Crippen LogP contribution in [0, 0.1) is 0 Å². The predicted octanol–water partition coefficient (Wildman–Crippen LogP) is 1.07. The van der Waals surface area contributed by atoms with Crippen LogP contribution in [0.15, 0.2) is 47.8 Å². The predicted molar refractivity (Wildman–Crippen MR) is 65.5 cm³/mol. The summed E-state index contributed by atoms with van der Waals surface area (Å²) in [5, 5.41) is 4.27. The summed E-state index contributed by atoms with van der Waals surface area (Å²) in [4.78, 5) is 4.11. The van der Waals surface area contributed by atoms with Crippen LogP contribution in [0.2, 0.25) is 0 Å². The van der Waals surface area contributed by atoms with Crippen molar-refractivity contribution in [1.82, 2.24) is 20.0 Å². The van der Waals surface area contributed by atoms with Crippen molar-refractivity contribution in [3.8, 4) is 0 Å². The van der Waals surface area contributed by atoms with Crippen LogP contribution >= 0.6 is 0 Å². The van der Waals surface area contributed by atoms with Crippen molar-refractivity contribution in [2.24, 2.45) is 5.84 Å². The number of aromatic nitrogens is 3. The van der Waals surface area contributed by atoms with Gasteiger partial charge in [0.15, 0.2) is 0 Å². The maximum Gasteiger partial charge on any atom is 0.0935 e. The average molecular weight is 243 g/mol. The van der Waals surface area contributed by atoms with E-state index in [1.54, 1.807) is 29.4 Å². The van der Waals surface area contributed by atoms with Gasteiger partial charge in [0.25, 0.3) is 0 Å². The van der Waals surface area contributed by atoms with E-state index in [4.69, 9.17) is 10.3 Å². The number of nitrogens with two attached hydrogens (primary N) is 1. The van der Waals surface area contributed by atoms with Gasteiger partial charge in [0.1, 0.15) is 0 Å². The molecule has 0 radical (unpaired) electrons. The summed E-state index contributed by atoms with van der Waals surface area (Å²) in [5.41, 5.74) is 5.86. The highest BCUT2D eigenvalue weighted by Gasteiger charge is 2.16. The highest BCUT2D eigenvalue weighted by atomic mass is 16.3. The van der Waals surface area contributed by atoms with Gasteiger partial charge in [-0.1, -0.05) is 0 Å². The second-order valence-corrected chi connectivity index (χ2v) is 4.06. The minimum Gasteiger partial charge on any atom is -0.472 e. The fourth-order valence-corrected chi connectivity index (χ4v) is 2.02. The van der Waals surface area contributed by atoms with Crippen LogP contribution in [0.25, 0.3) is 5.52 Å². The molecule has 0 bridgehead atoms. The fraction of sp³-hybridized carbons (Fsp3) is 0.167. The Kier molecular flexibility index (Phi) is 2.79. The van der Waals surface area contributed by atoms with E-state index in [-0.39, 0.29) is 6.04 Å². The first kappa shape index (κ1) is 10.9. The van der Waals surface area contributed by atoms with Gasteiger partial charge in [-0.15, -0.1) is 0 Å². The van der Waals surface area contributed by atoms with Crippen LogP contribution < -0.4 is 11.3 Å². The minimum atomic E-state index is -0.0238. The van der Waals surface area contributed by atoms with Crippen molar-refractivity contribution in [2.75, 3.05) is 0 Å². The molecule has 0 saturated carbocycles. The highest BCUT2D eigenvalue weighted by molar-refractivity contribution is 5.53. The molecule has 0 aliphatic rings. The second kappa shape index (κ2) is 4.59. The third kappa shape index (κ3) is 1.87. The van der Waals surface area contributed by atoms with Crippen LogP contribution in [-0.4, -0.2) is 14.6 Å². The molecule has 3 heterocycles. The average Bonchev–Trinajstić information content (AvgIpc) is 3.05. The Morgan fingerprint density at radius 1 is 1.44 bits per heavy atom. The number of nitrogens with zero attached hydrogens (tertiary/aromatic N) is 3. The van der Waals surface area contributed by atoms with Crippen molar-refractivity contribution in [2.45, 2.75) is 12.5 Å². The smallest absolute Gasteiger partial charge is 0.0935 e. The molecular weight excluding hydrogens is 230 g/mol. The molecule has 0 fully saturated rings. The highest BCUT2D eigenvalue weighted by Crippen LogP contribution is 2.21. The van der Waals surface area contributed by atoms with Crippen molar-refractivity contribution >= 4 is 5.52 Å². The van der Waals surface area contributed by atoms with E-state index < -0.39 is 0 Å². The SMILES string of the molecule is NNC(Cc1ccoc1)c1cnn2ccncc12. The Balaban J connectivity index is 1.96. The maximum atomic E-state index is 5.63. The zero-order valence-corrected chi connectivity index (χ0v) is 9.65. The van der Waals surface area contributed by atoms with Gasteiger partial charge in [0.2, 0.25) is 0 Å². The van der Waals surface area contributed by atoms with E-state index in [1.807, 2.05) is 18.5 Å². The van der Waals surface area contributed by atoms with E-state index in [9.17, 15) is 0 Å². The van der Waals surface area contributed by atoms with E-state index >= 15 is 0 Å². The first-order valence-electron chi connectivity index (χ1n) is 5.63. The number of hydrogen-bond donors (Lipinski definition) is 2. The largest absolute Gasteiger partial charge is 0.472 e. The van der Waals surface area contributed by atoms with Gasteiger partial charge in [-0.25, -0.2) is 4.52 Å². The summed E-state index contributed by atoms with van der Waals surface area (Å²) in [6.07, 6.45) is 11.2. The van der Waals surface area contributed by atoms with Crippen LogP contribution in [0.1, 0.15) is 17.2 Å². The van der Waals surface area contributed by atoms with Gasteiger partial charge in [0.05, 0.1) is 36.5 Å². The van der Waals surface area contributed by atoms with Gasteiger partial charge >= 0.3 is 0 Å². The fourth-order valence-electron chi connectivity index (χ4n) is 2.02. The zero-order valence-electron chi connectivity index (χ0n) is 9.65. The van der Waals surface area contributed by atoms with Crippen LogP contribution in [0.3, 0.4) is 0 Å². The number of hydrazine groups is 1. The number of hydrogen-bond acceptors (Lipinski definition) is 5. The number of rotatable bonds is 4. The molecular formula is C12H13N5O. The lowest BCUT2D eigenvalue weighted by atomic mass is 10.0. The summed E-state index contributed by atoms with van der Waals surface area (Å²) < 4.78 is 6.84. The molecule has 3 N–H and O–H groups in total. The maximum absolute atomic E-state index is 5.63. The topological polar surface area (TPSA) is 81.4 Å². The molecule has 0 saturated heterocycles. The standard InChI is InChI=1S/C12H13N5O/c13-16-11(5-9-1-4-18-8-9)10-6-15-17-3-2-14-7-12(10)17/h1-4,6-8,11,16H,5,13H2. The zero-order chi connectivity index (χ0) is 12.4. The molecule has 1 atom stereocenters. The first-order chi connectivity index (χ1) is 8.88. The minimum absolute atomic E-state index is 0.0238. The summed E-state index contributed by atoms with van der Waals surface area (Å²) in [6, 6.07) is 1.90. The molecule has 3 aromatic heterocycles. The van der Waals surface area contributed by atoms with Gasteiger partial charge in [-0.2, -0.15) is 5.10 Å². The summed E-state index contributed by atoms with van der Waals surface area (Å²) in [5.74, 6) is 5.63. The summed E-state index contributed by atoms with van der Waals surface area (Å²) in [6.45, 7) is 0. The van der Waals surface area contributed by atoms with Gasteiger partial charge in [-0.05, 0) is 18.1 Å². The number of fused-ring (bicyclic) bond motifs is 1. The third-order valence-electron chi connectivity index (χ3n) is 2.95. The van der Waals surface area contributed by atoms with Gasteiger partial charge in [-0.3, -0.25) is 16.3 Å². The molecule has 3 aromatic rings. The Morgan fingerprint density at radius 2 is 2.39 bits per heavy atom. The Morgan fingerprint density at radius 3 is 3.17 bits per heavy atom. The Labute approximate surface area is 103 Å². The van der Waals surface area contributed by atoms with E-state index in [2.05, 4.69) is 15.5 Å². The molecule has 1 unspecified atom stereocenters. The number of nitrogens with one attached hydrogen (secondary N) is 1. The lowest BCUT2D eigenvalue weighted by molar-refractivity contribution is 0.538. The number of furan rings is 1. The molecule has 92 valence electrons. The Bertz CT molecular complexity index is 631. The molecule has 0 aromatic carbocycles. The summed E-state index contributed by atoms with van der Waals surface area (Å²) in [7, 11) is 0. The second-order valence-electron chi connectivity index (χ2n) is 4.06. The quantitative estimate of drug-likeness (QED) is 0.529. The molecule has 0 amide bonds. The lowest BCUT2D eigenvalue weighted by Gasteiger charge is -2.13. The van der Waals surface area contributed by atoms with Crippen LogP contribution in [0.5, 0.6) is 0 Å². The molecule has 0 aliphatic carbocycles. The monoisotopic (exact) mass is 243 g/mol. The van der Waals surface area contributed by atoms with Crippen molar-refractivity contribution < 1.29 is 4.42 Å². The van der Waals surface area contributed by atoms with Crippen molar-refractivity contribution in [1.29, 1.82) is 0 Å². The molecule has 0 spiro atoms. The van der Waals surface area contributed by atoms with Crippen LogP contribution in [0.4, 0.5) is 0 Å². The molecule has 6 nitrogen and oxygen atoms in total. The van der Waals surface area contributed by atoms with Crippen molar-refractivity contribution in [3.05, 3.63) is 54.5 Å². The normalized spacial score (nSPS) is 12.9. The van der Waals surface area contributed by atoms with Crippen LogP contribution in [-0.2, 0) is 6.42 Å². The molecule has 0 aliphatic heterocycles. The van der Waals surface area contributed by atoms with E-state index in [0.717, 1.165) is 23.1 Å². The molecule has 3 rings (SSSR count). The van der Waals surface area contributed by atoms with Gasteiger partial charge in [0, 0.05) is 18.0 Å². The lowest BCUT2D eigenvalue weighted by Crippen LogP contribution is -2.29. The molecule has 6 heteroatoms. The van der Waals surface area contributed by atoms with E-state index in [1.165, 1.54) is 0 Å². The molecule has 18 heavy (non-hydrogen) atoms. The third-order valence-corrected chi connectivity index (χ3v) is 2.95.